The second kappa shape index (κ2) is 4.42. The number of piperazine rings is 1. The van der Waals surface area contributed by atoms with Crippen LogP contribution in [-0.2, 0) is 5.54 Å². The van der Waals surface area contributed by atoms with Gasteiger partial charge in [-0.1, -0.05) is 11.6 Å². The van der Waals surface area contributed by atoms with Gasteiger partial charge in [0.2, 0.25) is 0 Å². The third-order valence-corrected chi connectivity index (χ3v) is 4.63. The number of hydrogen-bond acceptors (Lipinski definition) is 3. The molecule has 4 heteroatoms. The van der Waals surface area contributed by atoms with E-state index in [1.165, 1.54) is 4.88 Å². The summed E-state index contributed by atoms with van der Waals surface area (Å²) < 4.78 is 0.883. The second-order valence-electron chi connectivity index (χ2n) is 4.40. The van der Waals surface area contributed by atoms with Crippen molar-refractivity contribution in [1.29, 1.82) is 0 Å². The van der Waals surface area contributed by atoms with E-state index in [1.807, 2.05) is 6.07 Å². The average molecular weight is 245 g/mol. The van der Waals surface area contributed by atoms with Crippen molar-refractivity contribution in [2.24, 2.45) is 0 Å². The van der Waals surface area contributed by atoms with Crippen molar-refractivity contribution in [2.75, 3.05) is 26.2 Å². The summed E-state index contributed by atoms with van der Waals surface area (Å²) >= 11 is 7.68. The molecule has 0 aromatic carbocycles. The molecular weight excluding hydrogens is 228 g/mol. The maximum atomic E-state index is 5.99. The molecule has 1 N–H and O–H groups in total. The molecule has 1 aliphatic rings. The van der Waals surface area contributed by atoms with E-state index < -0.39 is 0 Å². The molecule has 1 saturated heterocycles. The maximum Gasteiger partial charge on any atom is 0.0931 e. The number of rotatable bonds is 2. The summed E-state index contributed by atoms with van der Waals surface area (Å²) in [5, 5.41) is 3.38. The third kappa shape index (κ3) is 2.36. The van der Waals surface area contributed by atoms with Crippen LogP contribution in [0.3, 0.4) is 0 Å². The number of thiophene rings is 1. The zero-order valence-electron chi connectivity index (χ0n) is 9.22. The lowest BCUT2D eigenvalue weighted by molar-refractivity contribution is 0.106. The van der Waals surface area contributed by atoms with Crippen LogP contribution in [-0.4, -0.2) is 31.1 Å². The maximum absolute atomic E-state index is 5.99. The first kappa shape index (κ1) is 11.4. The third-order valence-electron chi connectivity index (χ3n) is 3.08. The molecular formula is C11H17ClN2S. The van der Waals surface area contributed by atoms with E-state index in [9.17, 15) is 0 Å². The molecule has 0 saturated carbocycles. The van der Waals surface area contributed by atoms with E-state index in [4.69, 9.17) is 11.6 Å². The minimum atomic E-state index is 0.111. The molecule has 0 atom stereocenters. The quantitative estimate of drug-likeness (QED) is 0.860. The van der Waals surface area contributed by atoms with E-state index >= 15 is 0 Å². The fraction of sp³-hybridized carbons (Fsp3) is 0.636. The summed E-state index contributed by atoms with van der Waals surface area (Å²) in [7, 11) is 0. The number of nitrogens with one attached hydrogen (secondary N) is 1. The van der Waals surface area contributed by atoms with Gasteiger partial charge in [0.05, 0.1) is 4.34 Å². The van der Waals surface area contributed by atoms with Crippen LogP contribution in [0.4, 0.5) is 0 Å². The van der Waals surface area contributed by atoms with Crippen molar-refractivity contribution in [3.8, 4) is 0 Å². The summed E-state index contributed by atoms with van der Waals surface area (Å²) in [5.74, 6) is 0. The first-order chi connectivity index (χ1) is 7.10. The Bertz CT molecular complexity index is 329. The van der Waals surface area contributed by atoms with Gasteiger partial charge in [0, 0.05) is 36.6 Å². The summed E-state index contributed by atoms with van der Waals surface area (Å²) in [5.41, 5.74) is 0.111. The summed E-state index contributed by atoms with van der Waals surface area (Å²) in [6, 6.07) is 4.14. The predicted octanol–water partition coefficient (Wildman–Crippen LogP) is 2.54. The fourth-order valence-electron chi connectivity index (χ4n) is 2.02. The number of halogens is 1. The molecule has 15 heavy (non-hydrogen) atoms. The lowest BCUT2D eigenvalue weighted by Gasteiger charge is -2.40. The smallest absolute Gasteiger partial charge is 0.0931 e. The Morgan fingerprint density at radius 2 is 2.00 bits per heavy atom. The highest BCUT2D eigenvalue weighted by atomic mass is 35.5. The van der Waals surface area contributed by atoms with Crippen LogP contribution in [0.1, 0.15) is 18.7 Å². The van der Waals surface area contributed by atoms with Crippen molar-refractivity contribution in [3.63, 3.8) is 0 Å². The highest BCUT2D eigenvalue weighted by Gasteiger charge is 2.30. The minimum Gasteiger partial charge on any atom is -0.314 e. The van der Waals surface area contributed by atoms with E-state index in [-0.39, 0.29) is 5.54 Å². The van der Waals surface area contributed by atoms with Crippen molar-refractivity contribution in [2.45, 2.75) is 19.4 Å². The Hall–Kier alpha value is -0.0900. The van der Waals surface area contributed by atoms with Crippen molar-refractivity contribution >= 4 is 22.9 Å². The largest absolute Gasteiger partial charge is 0.314 e. The van der Waals surface area contributed by atoms with Crippen LogP contribution in [0.5, 0.6) is 0 Å². The Morgan fingerprint density at radius 1 is 1.33 bits per heavy atom. The van der Waals surface area contributed by atoms with Gasteiger partial charge < -0.3 is 5.32 Å². The van der Waals surface area contributed by atoms with Gasteiger partial charge in [-0.3, -0.25) is 4.90 Å². The van der Waals surface area contributed by atoms with E-state index in [0.717, 1.165) is 30.5 Å². The summed E-state index contributed by atoms with van der Waals surface area (Å²) in [4.78, 5) is 3.88. The van der Waals surface area contributed by atoms with E-state index in [1.54, 1.807) is 11.3 Å². The molecule has 2 rings (SSSR count). The van der Waals surface area contributed by atoms with Gasteiger partial charge in [-0.25, -0.2) is 0 Å². The highest BCUT2D eigenvalue weighted by Crippen LogP contribution is 2.35. The predicted molar refractivity (Wildman–Crippen MR) is 66.8 cm³/mol. The van der Waals surface area contributed by atoms with Gasteiger partial charge >= 0.3 is 0 Å². The average Bonchev–Trinajstić information content (AvgIpc) is 2.67. The summed E-state index contributed by atoms with van der Waals surface area (Å²) in [6.07, 6.45) is 0. The van der Waals surface area contributed by atoms with Crippen LogP contribution in [0, 0.1) is 0 Å². The Labute approximate surface area is 100 Å². The van der Waals surface area contributed by atoms with Gasteiger partial charge in [0.1, 0.15) is 0 Å². The second-order valence-corrected chi connectivity index (χ2v) is 6.11. The van der Waals surface area contributed by atoms with Crippen LogP contribution in [0.15, 0.2) is 12.1 Å². The molecule has 84 valence electrons. The fourth-order valence-corrected chi connectivity index (χ4v) is 3.20. The number of hydrogen-bond donors (Lipinski definition) is 1. The molecule has 2 heterocycles. The molecule has 0 bridgehead atoms. The molecule has 1 aromatic rings. The monoisotopic (exact) mass is 244 g/mol. The molecule has 0 aliphatic carbocycles. The molecule has 1 fully saturated rings. The van der Waals surface area contributed by atoms with E-state index in [2.05, 4.69) is 30.1 Å². The van der Waals surface area contributed by atoms with Crippen molar-refractivity contribution in [3.05, 3.63) is 21.3 Å². The normalized spacial score (nSPS) is 19.4. The lowest BCUT2D eigenvalue weighted by Crippen LogP contribution is -2.51. The lowest BCUT2D eigenvalue weighted by atomic mass is 9.99. The summed E-state index contributed by atoms with van der Waals surface area (Å²) in [6.45, 7) is 8.96. The minimum absolute atomic E-state index is 0.111. The molecule has 2 nitrogen and oxygen atoms in total. The topological polar surface area (TPSA) is 15.3 Å². The first-order valence-corrected chi connectivity index (χ1v) is 6.52. The first-order valence-electron chi connectivity index (χ1n) is 5.32. The SMILES string of the molecule is CC(C)(c1ccc(Cl)s1)N1CCNCC1. The Balaban J connectivity index is 2.17. The molecule has 1 aromatic heterocycles. The molecule has 0 radical (unpaired) electrons. The zero-order chi connectivity index (χ0) is 10.9. The molecule has 0 unspecified atom stereocenters. The van der Waals surface area contributed by atoms with Crippen molar-refractivity contribution in [1.82, 2.24) is 10.2 Å². The van der Waals surface area contributed by atoms with Crippen LogP contribution >= 0.6 is 22.9 Å². The molecule has 0 spiro atoms. The van der Waals surface area contributed by atoms with Crippen molar-refractivity contribution < 1.29 is 0 Å². The van der Waals surface area contributed by atoms with Crippen LogP contribution in [0.2, 0.25) is 4.34 Å². The van der Waals surface area contributed by atoms with Crippen LogP contribution in [0.25, 0.3) is 0 Å². The molecule has 1 aliphatic heterocycles. The van der Waals surface area contributed by atoms with Gasteiger partial charge in [0.15, 0.2) is 0 Å². The van der Waals surface area contributed by atoms with Gasteiger partial charge in [0.25, 0.3) is 0 Å². The van der Waals surface area contributed by atoms with Crippen LogP contribution < -0.4 is 5.32 Å². The standard InChI is InChI=1S/C11H17ClN2S/c1-11(2,9-3-4-10(12)15-9)14-7-5-13-6-8-14/h3-4,13H,5-8H2,1-2H3. The zero-order valence-corrected chi connectivity index (χ0v) is 10.8. The Kier molecular flexibility index (Phi) is 3.36. The Morgan fingerprint density at radius 3 is 2.53 bits per heavy atom. The van der Waals surface area contributed by atoms with Gasteiger partial charge in [-0.15, -0.1) is 11.3 Å². The van der Waals surface area contributed by atoms with Gasteiger partial charge in [-0.2, -0.15) is 0 Å². The number of nitrogens with zero attached hydrogens (tertiary/aromatic N) is 1. The van der Waals surface area contributed by atoms with Gasteiger partial charge in [-0.05, 0) is 26.0 Å². The molecule has 0 amide bonds. The highest BCUT2D eigenvalue weighted by molar-refractivity contribution is 7.16. The van der Waals surface area contributed by atoms with E-state index in [0.29, 0.717) is 0 Å².